The molecule has 4 N–H and O–H groups in total. The Kier molecular flexibility index (Phi) is 5.37. The Hall–Kier alpha value is -3.28. The molecule has 0 saturated carbocycles. The van der Waals surface area contributed by atoms with Crippen LogP contribution in [0.15, 0.2) is 24.4 Å². The summed E-state index contributed by atoms with van der Waals surface area (Å²) in [5.41, 5.74) is 5.83. The van der Waals surface area contributed by atoms with E-state index in [9.17, 15) is 22.8 Å². The first-order valence-electron chi connectivity index (χ1n) is 8.43. The van der Waals surface area contributed by atoms with Gasteiger partial charge < -0.3 is 15.9 Å². The minimum atomic E-state index is -4.60. The average molecular weight is 445 g/mol. The summed E-state index contributed by atoms with van der Waals surface area (Å²) in [6.45, 7) is 3.90. The SMILES string of the molecule is CC1(C)CN(c2ncc(C(=O)ONc3cc(C(F)(F)F)ccc3Cl)c(N)n2)C(=O)N1. The van der Waals surface area contributed by atoms with E-state index in [4.69, 9.17) is 22.2 Å². The fraction of sp³-hybridized carbons (Fsp3) is 0.294. The number of nitrogens with one attached hydrogen (secondary N) is 2. The second-order valence-corrected chi connectivity index (χ2v) is 7.46. The lowest BCUT2D eigenvalue weighted by Gasteiger charge is -2.17. The number of hydrogen-bond acceptors (Lipinski definition) is 7. The third kappa shape index (κ3) is 4.48. The Morgan fingerprint density at radius 3 is 2.67 bits per heavy atom. The number of halogens is 4. The van der Waals surface area contributed by atoms with Crippen LogP contribution in [0.25, 0.3) is 0 Å². The molecule has 13 heteroatoms. The van der Waals surface area contributed by atoms with E-state index in [0.717, 1.165) is 18.3 Å². The molecule has 0 bridgehead atoms. The van der Waals surface area contributed by atoms with Gasteiger partial charge in [0.25, 0.3) is 0 Å². The Balaban J connectivity index is 1.73. The number of carbonyl (C=O) groups is 2. The zero-order chi connectivity index (χ0) is 22.3. The van der Waals surface area contributed by atoms with E-state index in [-0.39, 0.29) is 34.6 Å². The smallest absolute Gasteiger partial charge is 0.383 e. The van der Waals surface area contributed by atoms with Crippen molar-refractivity contribution in [1.82, 2.24) is 15.3 Å². The maximum absolute atomic E-state index is 12.8. The van der Waals surface area contributed by atoms with Crippen LogP contribution in [0.2, 0.25) is 5.02 Å². The molecular weight excluding hydrogens is 429 g/mol. The van der Waals surface area contributed by atoms with Crippen molar-refractivity contribution in [3.63, 3.8) is 0 Å². The normalized spacial score (nSPS) is 15.7. The van der Waals surface area contributed by atoms with Crippen molar-refractivity contribution in [2.45, 2.75) is 25.6 Å². The number of urea groups is 1. The lowest BCUT2D eigenvalue weighted by atomic mass is 10.1. The molecule has 1 fully saturated rings. The molecule has 1 aromatic heterocycles. The summed E-state index contributed by atoms with van der Waals surface area (Å²) in [5, 5.41) is 2.63. The molecule has 2 aromatic rings. The van der Waals surface area contributed by atoms with Crippen LogP contribution in [0.3, 0.4) is 0 Å². The lowest BCUT2D eigenvalue weighted by Crippen LogP contribution is -2.36. The monoisotopic (exact) mass is 444 g/mol. The Morgan fingerprint density at radius 1 is 1.40 bits per heavy atom. The third-order valence-corrected chi connectivity index (χ3v) is 4.39. The van der Waals surface area contributed by atoms with E-state index in [2.05, 4.69) is 20.8 Å². The number of alkyl halides is 3. The standard InChI is InChI=1S/C17H16ClF3N6O3/c1-16(2)7-27(15(29)25-16)14-23-6-9(12(22)24-14)13(28)30-26-11-5-8(17(19,20)21)3-4-10(11)18/h3-6,26H,7H2,1-2H3,(H,25,29)(H2,22,23,24). The van der Waals surface area contributed by atoms with E-state index >= 15 is 0 Å². The van der Waals surface area contributed by atoms with Crippen molar-refractivity contribution in [2.75, 3.05) is 22.7 Å². The highest BCUT2D eigenvalue weighted by Gasteiger charge is 2.37. The molecule has 0 aliphatic carbocycles. The van der Waals surface area contributed by atoms with E-state index in [0.29, 0.717) is 6.07 Å². The summed E-state index contributed by atoms with van der Waals surface area (Å²) in [6.07, 6.45) is -3.55. The molecule has 1 saturated heterocycles. The third-order valence-electron chi connectivity index (χ3n) is 4.06. The van der Waals surface area contributed by atoms with E-state index in [1.807, 2.05) is 13.8 Å². The van der Waals surface area contributed by atoms with Gasteiger partial charge in [0, 0.05) is 6.20 Å². The summed E-state index contributed by atoms with van der Waals surface area (Å²) >= 11 is 5.82. The second kappa shape index (κ2) is 7.52. The van der Waals surface area contributed by atoms with Gasteiger partial charge in [-0.15, -0.1) is 0 Å². The Bertz CT molecular complexity index is 1010. The number of hydrogen-bond donors (Lipinski definition) is 3. The minimum Gasteiger partial charge on any atom is -0.383 e. The van der Waals surface area contributed by atoms with Crippen molar-refractivity contribution in [3.8, 4) is 0 Å². The summed E-state index contributed by atoms with van der Waals surface area (Å²) < 4.78 is 38.4. The van der Waals surface area contributed by atoms with Crippen molar-refractivity contribution < 1.29 is 27.6 Å². The molecule has 160 valence electrons. The van der Waals surface area contributed by atoms with Gasteiger partial charge in [-0.2, -0.15) is 18.2 Å². The molecule has 2 amide bonds. The van der Waals surface area contributed by atoms with E-state index < -0.39 is 29.3 Å². The number of nitrogens with two attached hydrogens (primary N) is 1. The van der Waals surface area contributed by atoms with Crippen molar-refractivity contribution in [1.29, 1.82) is 0 Å². The Morgan fingerprint density at radius 2 is 2.10 bits per heavy atom. The fourth-order valence-corrected chi connectivity index (χ4v) is 2.79. The fourth-order valence-electron chi connectivity index (χ4n) is 2.63. The largest absolute Gasteiger partial charge is 0.416 e. The summed E-state index contributed by atoms with van der Waals surface area (Å²) in [5.74, 6) is -1.35. The van der Waals surface area contributed by atoms with Crippen LogP contribution in [0.5, 0.6) is 0 Å². The van der Waals surface area contributed by atoms with Crippen LogP contribution < -0.4 is 21.4 Å². The van der Waals surface area contributed by atoms with Crippen LogP contribution in [-0.2, 0) is 11.0 Å². The minimum absolute atomic E-state index is 0.0130. The first-order valence-corrected chi connectivity index (χ1v) is 8.81. The van der Waals surface area contributed by atoms with Gasteiger partial charge in [-0.25, -0.2) is 20.1 Å². The number of amides is 2. The predicted molar refractivity (Wildman–Crippen MR) is 102 cm³/mol. The van der Waals surface area contributed by atoms with Crippen LogP contribution >= 0.6 is 11.6 Å². The maximum Gasteiger partial charge on any atom is 0.416 e. The van der Waals surface area contributed by atoms with Gasteiger partial charge in [-0.3, -0.25) is 4.90 Å². The van der Waals surface area contributed by atoms with Gasteiger partial charge in [-0.05, 0) is 32.0 Å². The highest BCUT2D eigenvalue weighted by Crippen LogP contribution is 2.34. The highest BCUT2D eigenvalue weighted by molar-refractivity contribution is 6.33. The predicted octanol–water partition coefficient (Wildman–Crippen LogP) is 3.22. The number of benzene rings is 1. The van der Waals surface area contributed by atoms with Crippen LogP contribution in [0.1, 0.15) is 29.8 Å². The van der Waals surface area contributed by atoms with Crippen molar-refractivity contribution >= 4 is 41.1 Å². The molecule has 1 aromatic carbocycles. The molecule has 0 unspecified atom stereocenters. The topological polar surface area (TPSA) is 122 Å². The first kappa shape index (κ1) is 21.4. The highest BCUT2D eigenvalue weighted by atomic mass is 35.5. The van der Waals surface area contributed by atoms with Crippen LogP contribution in [0, 0.1) is 0 Å². The molecule has 1 aliphatic heterocycles. The molecule has 2 heterocycles. The van der Waals surface area contributed by atoms with Gasteiger partial charge in [0.1, 0.15) is 11.4 Å². The van der Waals surface area contributed by atoms with Gasteiger partial charge >= 0.3 is 18.2 Å². The number of nitrogen functional groups attached to an aromatic ring is 1. The van der Waals surface area contributed by atoms with Crippen LogP contribution in [-0.4, -0.2) is 34.1 Å². The molecule has 9 nitrogen and oxygen atoms in total. The van der Waals surface area contributed by atoms with E-state index in [1.165, 1.54) is 4.90 Å². The number of carbonyl (C=O) groups excluding carboxylic acids is 2. The summed E-state index contributed by atoms with van der Waals surface area (Å²) in [4.78, 5) is 38.2. The van der Waals surface area contributed by atoms with Crippen LogP contribution in [0.4, 0.5) is 35.4 Å². The number of rotatable bonds is 4. The zero-order valence-corrected chi connectivity index (χ0v) is 16.4. The number of anilines is 3. The number of nitrogens with zero attached hydrogens (tertiary/aromatic N) is 3. The zero-order valence-electron chi connectivity index (χ0n) is 15.7. The van der Waals surface area contributed by atoms with Gasteiger partial charge in [0.05, 0.1) is 28.4 Å². The second-order valence-electron chi connectivity index (χ2n) is 7.05. The number of aromatic nitrogens is 2. The average Bonchev–Trinajstić information content (AvgIpc) is 2.92. The quantitative estimate of drug-likeness (QED) is 0.619. The molecule has 0 spiro atoms. The van der Waals surface area contributed by atoms with Gasteiger partial charge in [0.15, 0.2) is 0 Å². The Labute approximate surface area is 173 Å². The first-order chi connectivity index (χ1) is 13.9. The molecule has 3 rings (SSSR count). The van der Waals surface area contributed by atoms with E-state index in [1.54, 1.807) is 0 Å². The van der Waals surface area contributed by atoms with Crippen molar-refractivity contribution in [2.24, 2.45) is 0 Å². The van der Waals surface area contributed by atoms with Crippen molar-refractivity contribution in [3.05, 3.63) is 40.5 Å². The van der Waals surface area contributed by atoms with Gasteiger partial charge in [-0.1, -0.05) is 11.6 Å². The molecule has 0 radical (unpaired) electrons. The molecule has 0 atom stereocenters. The molecular formula is C17H16ClF3N6O3. The van der Waals surface area contributed by atoms with Gasteiger partial charge in [0.2, 0.25) is 5.95 Å². The summed E-state index contributed by atoms with van der Waals surface area (Å²) in [6, 6.07) is 2.06. The maximum atomic E-state index is 12.8. The molecule has 30 heavy (non-hydrogen) atoms. The summed E-state index contributed by atoms with van der Waals surface area (Å²) in [7, 11) is 0. The molecule has 1 aliphatic rings. The lowest BCUT2D eigenvalue weighted by molar-refractivity contribution is -0.137.